The Labute approximate surface area is 241 Å². The number of ether oxygens (including phenoxy) is 2. The summed E-state index contributed by atoms with van der Waals surface area (Å²) in [5.41, 5.74) is 0.284. The number of benzene rings is 1. The van der Waals surface area contributed by atoms with Crippen LogP contribution in [-0.2, 0) is 23.9 Å². The van der Waals surface area contributed by atoms with Crippen LogP contribution in [0, 0.1) is 18.8 Å². The van der Waals surface area contributed by atoms with Crippen molar-refractivity contribution in [1.29, 1.82) is 0 Å². The molecule has 1 N–H and O–H groups in total. The number of rotatable bonds is 15. The fraction of sp³-hybridized carbons (Fsp3) is 0.581. The van der Waals surface area contributed by atoms with Crippen LogP contribution in [0.1, 0.15) is 56.9 Å². The second-order valence-electron chi connectivity index (χ2n) is 11.0. The quantitative estimate of drug-likeness (QED) is 0.187. The highest BCUT2D eigenvalue weighted by Gasteiger charge is 2.75. The van der Waals surface area contributed by atoms with E-state index >= 15 is 0 Å². The zero-order valence-corrected chi connectivity index (χ0v) is 24.1. The van der Waals surface area contributed by atoms with E-state index in [9.17, 15) is 19.5 Å². The Bertz CT molecular complexity index is 1100. The Hall–Kier alpha value is -2.68. The number of aryl methyl sites for hydroxylation is 1. The molecule has 1 aromatic rings. The topological polar surface area (TPSA) is 96.4 Å². The van der Waals surface area contributed by atoms with Crippen LogP contribution in [0.2, 0.25) is 5.02 Å². The van der Waals surface area contributed by atoms with Gasteiger partial charge in [-0.15, -0.1) is 13.2 Å². The van der Waals surface area contributed by atoms with Crippen molar-refractivity contribution in [2.24, 2.45) is 11.8 Å². The molecule has 1 aromatic carbocycles. The van der Waals surface area contributed by atoms with E-state index in [4.69, 9.17) is 21.1 Å². The van der Waals surface area contributed by atoms with Crippen molar-refractivity contribution in [3.05, 3.63) is 54.1 Å². The number of fused-ring (bicyclic) bond motifs is 1. The Morgan fingerprint density at radius 3 is 2.73 bits per heavy atom. The van der Waals surface area contributed by atoms with Crippen molar-refractivity contribution >= 4 is 35.1 Å². The summed E-state index contributed by atoms with van der Waals surface area (Å²) in [7, 11) is 0. The molecule has 8 nitrogen and oxygen atoms in total. The first-order chi connectivity index (χ1) is 19.3. The first kappa shape index (κ1) is 30.3. The first-order valence-corrected chi connectivity index (χ1v) is 14.7. The van der Waals surface area contributed by atoms with Gasteiger partial charge in [-0.3, -0.25) is 14.4 Å². The number of amides is 2. The van der Waals surface area contributed by atoms with E-state index in [2.05, 4.69) is 13.2 Å². The van der Waals surface area contributed by atoms with Crippen LogP contribution in [0.25, 0.3) is 0 Å². The molecule has 0 aromatic heterocycles. The predicted molar refractivity (Wildman–Crippen MR) is 154 cm³/mol. The average Bonchev–Trinajstić information content (AvgIpc) is 3.57. The maximum atomic E-state index is 14.5. The summed E-state index contributed by atoms with van der Waals surface area (Å²) in [5.74, 6) is -2.49. The largest absolute Gasteiger partial charge is 0.465 e. The Morgan fingerprint density at radius 2 is 2.02 bits per heavy atom. The summed E-state index contributed by atoms with van der Waals surface area (Å²) in [6, 6.07) is 4.54. The van der Waals surface area contributed by atoms with Gasteiger partial charge in [0.1, 0.15) is 11.6 Å². The van der Waals surface area contributed by atoms with Gasteiger partial charge in [0.05, 0.1) is 35.3 Å². The van der Waals surface area contributed by atoms with Crippen LogP contribution in [0.5, 0.6) is 0 Å². The molecule has 2 bridgehead atoms. The number of nitrogens with zero attached hydrogens (tertiary/aromatic N) is 2. The molecule has 3 fully saturated rings. The van der Waals surface area contributed by atoms with Gasteiger partial charge in [-0.2, -0.15) is 0 Å². The number of anilines is 1. The van der Waals surface area contributed by atoms with Gasteiger partial charge in [-0.05, 0) is 69.9 Å². The third-order valence-electron chi connectivity index (χ3n) is 8.45. The van der Waals surface area contributed by atoms with Gasteiger partial charge in [0.2, 0.25) is 5.91 Å². The molecular weight excluding hydrogens is 532 g/mol. The molecule has 4 rings (SSSR count). The van der Waals surface area contributed by atoms with Gasteiger partial charge in [-0.25, -0.2) is 0 Å². The van der Waals surface area contributed by atoms with E-state index in [1.165, 1.54) is 0 Å². The van der Waals surface area contributed by atoms with Crippen LogP contribution >= 0.6 is 11.6 Å². The highest BCUT2D eigenvalue weighted by molar-refractivity contribution is 6.34. The second kappa shape index (κ2) is 13.3. The molecule has 0 saturated carbocycles. The van der Waals surface area contributed by atoms with Crippen LogP contribution in [0.3, 0.4) is 0 Å². The molecule has 9 heteroatoms. The zero-order chi connectivity index (χ0) is 28.9. The van der Waals surface area contributed by atoms with Crippen LogP contribution in [0.15, 0.2) is 43.5 Å². The molecule has 5 atom stereocenters. The predicted octanol–water partition coefficient (Wildman–Crippen LogP) is 4.60. The van der Waals surface area contributed by atoms with E-state index in [1.54, 1.807) is 21.9 Å². The van der Waals surface area contributed by atoms with Crippen molar-refractivity contribution in [2.75, 3.05) is 31.2 Å². The Morgan fingerprint density at radius 1 is 1.23 bits per heavy atom. The van der Waals surface area contributed by atoms with Crippen LogP contribution < -0.4 is 4.90 Å². The van der Waals surface area contributed by atoms with E-state index < -0.39 is 35.6 Å². The van der Waals surface area contributed by atoms with Gasteiger partial charge < -0.3 is 24.4 Å². The lowest BCUT2D eigenvalue weighted by Crippen LogP contribution is -2.56. The molecule has 1 spiro atoms. The lowest BCUT2D eigenvalue weighted by Gasteiger charge is -2.37. The molecule has 0 aliphatic carbocycles. The monoisotopic (exact) mass is 572 g/mol. The van der Waals surface area contributed by atoms with Crippen molar-refractivity contribution < 1.29 is 29.0 Å². The lowest BCUT2D eigenvalue weighted by atomic mass is 9.70. The molecule has 3 aliphatic heterocycles. The van der Waals surface area contributed by atoms with E-state index in [-0.39, 0.29) is 31.6 Å². The Kier molecular flexibility index (Phi) is 10.1. The van der Waals surface area contributed by atoms with Gasteiger partial charge in [0.25, 0.3) is 5.91 Å². The molecule has 2 amide bonds. The highest BCUT2D eigenvalue weighted by atomic mass is 35.5. The molecule has 3 aliphatic rings. The highest BCUT2D eigenvalue weighted by Crippen LogP contribution is 2.59. The summed E-state index contributed by atoms with van der Waals surface area (Å²) in [4.78, 5) is 45.2. The number of carbonyl (C=O) groups is 3. The zero-order valence-electron chi connectivity index (χ0n) is 23.4. The summed E-state index contributed by atoms with van der Waals surface area (Å²) in [6.07, 6.45) is 8.45. The maximum absolute atomic E-state index is 14.5. The number of unbranched alkanes of at least 4 members (excludes halogenated alkanes) is 4. The number of esters is 1. The molecular formula is C31H41ClN2O6. The third kappa shape index (κ3) is 5.58. The number of allylic oxidation sites excluding steroid dienone is 1. The number of halogens is 1. The molecule has 3 saturated heterocycles. The van der Waals surface area contributed by atoms with Gasteiger partial charge in [-0.1, -0.05) is 35.9 Å². The summed E-state index contributed by atoms with van der Waals surface area (Å²) >= 11 is 6.60. The Balaban J connectivity index is 1.67. The van der Waals surface area contributed by atoms with E-state index in [0.29, 0.717) is 55.8 Å². The fourth-order valence-corrected chi connectivity index (χ4v) is 7.03. The molecule has 2 unspecified atom stereocenters. The van der Waals surface area contributed by atoms with E-state index in [0.717, 1.165) is 18.4 Å². The number of para-hydroxylation sites is 1. The van der Waals surface area contributed by atoms with Crippen molar-refractivity contribution in [3.8, 4) is 0 Å². The molecule has 0 radical (unpaired) electrons. The SMILES string of the molecule is C=CCCCCOC(=O)[C@@H]1[C@H]2C(=O)N(CCCCCO)C(C(=O)N(CC=C)c3c(C)cccc3Cl)C23CC[C@H]1O3. The lowest BCUT2D eigenvalue weighted by molar-refractivity contribution is -0.155. The summed E-state index contributed by atoms with van der Waals surface area (Å²) in [6.45, 7) is 10.3. The normalized spacial score (nSPS) is 26.6. The summed E-state index contributed by atoms with van der Waals surface area (Å²) in [5, 5.41) is 9.68. The van der Waals surface area contributed by atoms with Crippen molar-refractivity contribution in [3.63, 3.8) is 0 Å². The molecule has 3 heterocycles. The smallest absolute Gasteiger partial charge is 0.312 e. The number of hydrogen-bond donors (Lipinski definition) is 1. The maximum Gasteiger partial charge on any atom is 0.312 e. The van der Waals surface area contributed by atoms with Gasteiger partial charge in [0.15, 0.2) is 0 Å². The second-order valence-corrected chi connectivity index (χ2v) is 11.4. The minimum Gasteiger partial charge on any atom is -0.465 e. The van der Waals surface area contributed by atoms with Crippen LogP contribution in [-0.4, -0.2) is 71.8 Å². The molecule has 218 valence electrons. The van der Waals surface area contributed by atoms with E-state index in [1.807, 2.05) is 25.1 Å². The van der Waals surface area contributed by atoms with Gasteiger partial charge >= 0.3 is 5.97 Å². The number of likely N-dealkylation sites (tertiary alicyclic amines) is 1. The average molecular weight is 573 g/mol. The van der Waals surface area contributed by atoms with Crippen molar-refractivity contribution in [1.82, 2.24) is 4.90 Å². The first-order valence-electron chi connectivity index (χ1n) is 14.4. The standard InChI is InChI=1S/C31H41ClN2O6/c1-4-6-7-11-20-39-30(38)24-23-15-16-31(40-23)25(24)28(36)34(18-9-8-10-19-35)27(31)29(37)33(17-5-2)26-21(3)13-12-14-22(26)32/h4-5,12-14,23-25,27,35H,1-2,6-11,15-20H2,3H3/t23-,24+,25+,27?,31?/m1/s1. The minimum atomic E-state index is -1.11. The summed E-state index contributed by atoms with van der Waals surface area (Å²) < 4.78 is 12.2. The van der Waals surface area contributed by atoms with Crippen molar-refractivity contribution in [2.45, 2.75) is 76.0 Å². The minimum absolute atomic E-state index is 0.0628. The van der Waals surface area contributed by atoms with Gasteiger partial charge in [0, 0.05) is 19.7 Å². The number of aliphatic hydroxyl groups excluding tert-OH is 1. The number of carbonyl (C=O) groups excluding carboxylic acids is 3. The number of aliphatic hydroxyl groups is 1. The molecule has 40 heavy (non-hydrogen) atoms. The fourth-order valence-electron chi connectivity index (χ4n) is 6.70. The third-order valence-corrected chi connectivity index (χ3v) is 8.75. The van der Waals surface area contributed by atoms with Crippen LogP contribution in [0.4, 0.5) is 5.69 Å². The number of hydrogen-bond acceptors (Lipinski definition) is 6.